The van der Waals surface area contributed by atoms with Gasteiger partial charge >= 0.3 is 0 Å². The Kier molecular flexibility index (Phi) is 41.3. The molecule has 0 aromatic heterocycles. The minimum atomic E-state index is -1.58. The minimum Gasteiger partial charge on any atom is -0.394 e. The predicted molar refractivity (Wildman–Crippen MR) is 263 cm³/mol. The summed E-state index contributed by atoms with van der Waals surface area (Å²) in [6.07, 6.45) is 50.2. The van der Waals surface area contributed by atoms with Gasteiger partial charge in [-0.2, -0.15) is 0 Å². The smallest absolute Gasteiger partial charge is 0.220 e. The summed E-state index contributed by atoms with van der Waals surface area (Å²) in [6.45, 7) is 3.76. The number of aliphatic hydroxyl groups is 5. The molecule has 0 aliphatic carbocycles. The first-order valence-electron chi connectivity index (χ1n) is 26.4. The molecule has 1 fully saturated rings. The van der Waals surface area contributed by atoms with Gasteiger partial charge in [0.25, 0.3) is 0 Å². The number of nitrogens with one attached hydrogen (secondary N) is 1. The van der Waals surface area contributed by atoms with E-state index in [1.54, 1.807) is 6.08 Å². The van der Waals surface area contributed by atoms with Crippen LogP contribution in [0, 0.1) is 0 Å². The number of hydrogen-bond donors (Lipinski definition) is 6. The second kappa shape index (κ2) is 44.0. The van der Waals surface area contributed by atoms with Crippen molar-refractivity contribution in [1.29, 1.82) is 0 Å². The molecule has 0 saturated carbocycles. The summed E-state index contributed by atoms with van der Waals surface area (Å²) in [5, 5.41) is 54.3. The Hall–Kier alpha value is -1.85. The van der Waals surface area contributed by atoms with E-state index in [9.17, 15) is 30.3 Å². The molecule has 6 N–H and O–H groups in total. The van der Waals surface area contributed by atoms with Gasteiger partial charge in [0.15, 0.2) is 6.29 Å². The predicted octanol–water partition coefficient (Wildman–Crippen LogP) is 12.2. The zero-order chi connectivity index (χ0) is 45.9. The molecule has 1 aliphatic rings. The number of amides is 1. The zero-order valence-electron chi connectivity index (χ0n) is 40.6. The summed E-state index contributed by atoms with van der Waals surface area (Å²) in [7, 11) is 0. The van der Waals surface area contributed by atoms with Gasteiger partial charge in [-0.3, -0.25) is 4.79 Å². The van der Waals surface area contributed by atoms with E-state index in [-0.39, 0.29) is 12.5 Å². The highest BCUT2D eigenvalue weighted by molar-refractivity contribution is 5.76. The highest BCUT2D eigenvalue weighted by Gasteiger charge is 2.44. The third-order valence-electron chi connectivity index (χ3n) is 12.4. The minimum absolute atomic E-state index is 0.195. The average molecular weight is 890 g/mol. The van der Waals surface area contributed by atoms with Crippen molar-refractivity contribution < 1.29 is 39.8 Å². The Balaban J connectivity index is 2.33. The molecule has 1 aliphatic heterocycles. The van der Waals surface area contributed by atoms with Gasteiger partial charge in [0.05, 0.1) is 25.4 Å². The number of ether oxygens (including phenoxy) is 2. The van der Waals surface area contributed by atoms with Crippen LogP contribution in [0.4, 0.5) is 0 Å². The molecule has 1 heterocycles. The van der Waals surface area contributed by atoms with Crippen molar-refractivity contribution in [3.05, 3.63) is 48.6 Å². The molecule has 1 amide bonds. The van der Waals surface area contributed by atoms with E-state index in [2.05, 4.69) is 55.6 Å². The second-order valence-corrected chi connectivity index (χ2v) is 18.3. The van der Waals surface area contributed by atoms with E-state index in [0.29, 0.717) is 6.42 Å². The molecule has 9 nitrogen and oxygen atoms in total. The van der Waals surface area contributed by atoms with Gasteiger partial charge in [0.1, 0.15) is 24.4 Å². The average Bonchev–Trinajstić information content (AvgIpc) is 3.28. The fourth-order valence-corrected chi connectivity index (χ4v) is 8.12. The van der Waals surface area contributed by atoms with Crippen molar-refractivity contribution in [2.45, 2.75) is 275 Å². The molecule has 63 heavy (non-hydrogen) atoms. The summed E-state index contributed by atoms with van der Waals surface area (Å²) in [6, 6.07) is -0.831. The number of unbranched alkanes of at least 4 members (excludes halogenated alkanes) is 28. The van der Waals surface area contributed by atoms with Crippen molar-refractivity contribution in [1.82, 2.24) is 5.32 Å². The van der Waals surface area contributed by atoms with Gasteiger partial charge in [-0.15, -0.1) is 0 Å². The van der Waals surface area contributed by atoms with Crippen molar-refractivity contribution in [3.8, 4) is 0 Å². The van der Waals surface area contributed by atoms with Gasteiger partial charge in [0, 0.05) is 6.42 Å². The summed E-state index contributed by atoms with van der Waals surface area (Å²) >= 11 is 0. The van der Waals surface area contributed by atoms with Crippen molar-refractivity contribution in [2.75, 3.05) is 13.2 Å². The molecular formula is C54H99NO8. The maximum absolute atomic E-state index is 13.0. The number of rotatable bonds is 44. The van der Waals surface area contributed by atoms with E-state index in [1.165, 1.54) is 154 Å². The van der Waals surface area contributed by atoms with E-state index in [0.717, 1.165) is 57.8 Å². The van der Waals surface area contributed by atoms with Crippen LogP contribution in [-0.4, -0.2) is 87.5 Å². The highest BCUT2D eigenvalue weighted by atomic mass is 16.7. The molecule has 1 saturated heterocycles. The van der Waals surface area contributed by atoms with Crippen LogP contribution in [0.5, 0.6) is 0 Å². The van der Waals surface area contributed by atoms with Gasteiger partial charge in [0.2, 0.25) is 5.91 Å². The molecule has 9 heteroatoms. The quantitative estimate of drug-likeness (QED) is 0.0262. The van der Waals surface area contributed by atoms with E-state index >= 15 is 0 Å². The maximum Gasteiger partial charge on any atom is 0.220 e. The molecule has 0 bridgehead atoms. The first kappa shape index (κ1) is 59.2. The number of aliphatic hydroxyl groups excluding tert-OH is 5. The maximum atomic E-state index is 13.0. The van der Waals surface area contributed by atoms with Crippen molar-refractivity contribution in [3.63, 3.8) is 0 Å². The van der Waals surface area contributed by atoms with Crippen LogP contribution in [0.1, 0.15) is 232 Å². The first-order chi connectivity index (χ1) is 30.8. The van der Waals surface area contributed by atoms with Crippen LogP contribution in [0.15, 0.2) is 48.6 Å². The number of carbonyl (C=O) groups excluding carboxylic acids is 1. The van der Waals surface area contributed by atoms with Gasteiger partial charge in [-0.05, 0) is 70.6 Å². The molecule has 7 unspecified atom stereocenters. The Bertz CT molecular complexity index is 1130. The summed E-state index contributed by atoms with van der Waals surface area (Å²) in [5.74, 6) is -0.195. The highest BCUT2D eigenvalue weighted by Crippen LogP contribution is 2.23. The normalized spacial score (nSPS) is 20.5. The van der Waals surface area contributed by atoms with Crippen molar-refractivity contribution >= 4 is 5.91 Å². The van der Waals surface area contributed by atoms with E-state index in [4.69, 9.17) is 9.47 Å². The van der Waals surface area contributed by atoms with Crippen molar-refractivity contribution in [2.24, 2.45) is 0 Å². The third kappa shape index (κ3) is 34.2. The fourth-order valence-electron chi connectivity index (χ4n) is 8.12. The van der Waals surface area contributed by atoms with Crippen LogP contribution in [0.2, 0.25) is 0 Å². The molecule has 0 aromatic carbocycles. The number of allylic oxidation sites excluding steroid dienone is 7. The van der Waals surface area contributed by atoms with Gasteiger partial charge < -0.3 is 40.3 Å². The lowest BCUT2D eigenvalue weighted by Gasteiger charge is -2.40. The topological polar surface area (TPSA) is 149 Å². The molecular weight excluding hydrogens is 791 g/mol. The molecule has 7 atom stereocenters. The molecule has 0 aromatic rings. The number of carbonyl (C=O) groups is 1. The summed E-state index contributed by atoms with van der Waals surface area (Å²) in [5.41, 5.74) is 0. The standard InChI is InChI=1S/C54H99NO8/c1-3-5-7-9-11-13-15-17-19-21-23-25-27-29-31-33-35-37-39-41-43-48(57)47(46-62-54-53(61)52(60)51(59)49(45-56)63-54)55-50(58)44-42-40-38-36-34-32-30-28-26-24-22-20-18-16-14-12-10-8-6-4-2/h24-27,33,35,41,43,47-49,51-54,56-57,59-61H,3-23,28-32,34,36-40,42,44-46H2,1-2H3,(H,55,58)/b26-24-,27-25+,35-33+,43-41+. The van der Waals surface area contributed by atoms with Crippen LogP contribution >= 0.6 is 0 Å². The summed E-state index contributed by atoms with van der Waals surface area (Å²) < 4.78 is 11.2. The van der Waals surface area contributed by atoms with Crippen LogP contribution in [0.3, 0.4) is 0 Å². The molecule has 0 spiro atoms. The lowest BCUT2D eigenvalue weighted by atomic mass is 9.99. The fraction of sp³-hybridized carbons (Fsp3) is 0.833. The lowest BCUT2D eigenvalue weighted by molar-refractivity contribution is -0.302. The number of hydrogen-bond acceptors (Lipinski definition) is 8. The van der Waals surface area contributed by atoms with Crippen LogP contribution in [-0.2, 0) is 14.3 Å². The van der Waals surface area contributed by atoms with Gasteiger partial charge in [-0.1, -0.05) is 204 Å². The molecule has 368 valence electrons. The Labute approximate surface area is 386 Å². The molecule has 1 rings (SSSR count). The lowest BCUT2D eigenvalue weighted by Crippen LogP contribution is -2.60. The third-order valence-corrected chi connectivity index (χ3v) is 12.4. The largest absolute Gasteiger partial charge is 0.394 e. The van der Waals surface area contributed by atoms with E-state index < -0.39 is 49.5 Å². The molecule has 0 radical (unpaired) electrons. The Morgan fingerprint density at radius 1 is 0.524 bits per heavy atom. The van der Waals surface area contributed by atoms with Crippen LogP contribution in [0.25, 0.3) is 0 Å². The van der Waals surface area contributed by atoms with Gasteiger partial charge in [-0.25, -0.2) is 0 Å². The summed E-state index contributed by atoms with van der Waals surface area (Å²) in [4.78, 5) is 13.0. The monoisotopic (exact) mass is 890 g/mol. The Morgan fingerprint density at radius 2 is 0.905 bits per heavy atom. The van der Waals surface area contributed by atoms with Crippen LogP contribution < -0.4 is 5.32 Å². The zero-order valence-corrected chi connectivity index (χ0v) is 40.6. The SMILES string of the molecule is CCCCCCCCCCC/C=C\CCCCCCCCCC(=O)NC(COC1OC(CO)C(O)C(O)C1O)C(O)/C=C/CC/C=C/CC/C=C/CCCCCCCCCCCC. The Morgan fingerprint density at radius 3 is 1.33 bits per heavy atom. The second-order valence-electron chi connectivity index (χ2n) is 18.3. The first-order valence-corrected chi connectivity index (χ1v) is 26.4. The van der Waals surface area contributed by atoms with E-state index in [1.807, 2.05) is 6.08 Å².